The summed E-state index contributed by atoms with van der Waals surface area (Å²) in [5.41, 5.74) is 6.39. The lowest BCUT2D eigenvalue weighted by atomic mass is 10.1. The number of aryl methyl sites for hydroxylation is 1. The van der Waals surface area contributed by atoms with E-state index in [1.54, 1.807) is 37.3 Å². The minimum absolute atomic E-state index is 0.135. The number of benzene rings is 2. The highest BCUT2D eigenvalue weighted by Crippen LogP contribution is 2.37. The Hall–Kier alpha value is -2.41. The summed E-state index contributed by atoms with van der Waals surface area (Å²) in [6.45, 7) is 1.72. The Morgan fingerprint density at radius 1 is 1.33 bits per heavy atom. The topological polar surface area (TPSA) is 102 Å². The van der Waals surface area contributed by atoms with E-state index in [1.807, 2.05) is 0 Å². The molecule has 0 aliphatic rings. The predicted octanol–water partition coefficient (Wildman–Crippen LogP) is 3.74. The van der Waals surface area contributed by atoms with Crippen molar-refractivity contribution in [3.63, 3.8) is 0 Å². The van der Waals surface area contributed by atoms with Gasteiger partial charge in [0.2, 0.25) is 5.75 Å². The van der Waals surface area contributed by atoms with E-state index in [4.69, 9.17) is 15.9 Å². The lowest BCUT2D eigenvalue weighted by Gasteiger charge is -2.13. The molecule has 0 unspecified atom stereocenters. The van der Waals surface area contributed by atoms with Crippen LogP contribution in [-0.4, -0.2) is 10.8 Å². The minimum Gasteiger partial charge on any atom is -0.449 e. The molecular weight excluding hydrogens is 338 g/mol. The standard InChI is InChI=1S/C14H12BrN3O3/c1-8-4-2-6-10(18(19)20)13(8)21-11-7-3-5-9(15)12(11)14(16)17/h2-7H,1H3,(H3,16,17). The van der Waals surface area contributed by atoms with Crippen LogP contribution in [0.15, 0.2) is 40.9 Å². The van der Waals surface area contributed by atoms with Crippen LogP contribution in [0.25, 0.3) is 0 Å². The van der Waals surface area contributed by atoms with Crippen LogP contribution in [0.4, 0.5) is 5.69 Å². The van der Waals surface area contributed by atoms with Crippen LogP contribution in [0, 0.1) is 22.4 Å². The Kier molecular flexibility index (Phi) is 4.23. The van der Waals surface area contributed by atoms with Crippen molar-refractivity contribution in [1.29, 1.82) is 5.41 Å². The number of rotatable bonds is 4. The second kappa shape index (κ2) is 5.92. The molecule has 0 fully saturated rings. The lowest BCUT2D eigenvalue weighted by molar-refractivity contribution is -0.385. The SMILES string of the molecule is Cc1cccc([N+](=O)[O-])c1Oc1cccc(Br)c1C(=N)N. The second-order valence-electron chi connectivity index (χ2n) is 4.31. The summed E-state index contributed by atoms with van der Waals surface area (Å²) in [5.74, 6) is 0.242. The van der Waals surface area contributed by atoms with E-state index >= 15 is 0 Å². The van der Waals surface area contributed by atoms with E-state index in [1.165, 1.54) is 6.07 Å². The highest BCUT2D eigenvalue weighted by Gasteiger charge is 2.20. The Morgan fingerprint density at radius 3 is 2.62 bits per heavy atom. The van der Waals surface area contributed by atoms with E-state index in [2.05, 4.69) is 15.9 Å². The molecule has 0 saturated carbocycles. The Labute approximate surface area is 129 Å². The quantitative estimate of drug-likeness (QED) is 0.379. The molecule has 0 saturated heterocycles. The number of nitrogen functional groups attached to an aromatic ring is 1. The molecule has 6 nitrogen and oxygen atoms in total. The molecule has 108 valence electrons. The molecule has 0 aliphatic heterocycles. The first-order valence-corrected chi connectivity index (χ1v) is 6.76. The molecule has 3 N–H and O–H groups in total. The van der Waals surface area contributed by atoms with Gasteiger partial charge in [0.05, 0.1) is 10.5 Å². The number of nitro benzene ring substituents is 1. The van der Waals surface area contributed by atoms with Crippen LogP contribution in [-0.2, 0) is 0 Å². The average Bonchev–Trinajstić information content (AvgIpc) is 2.40. The van der Waals surface area contributed by atoms with Crippen LogP contribution in [0.3, 0.4) is 0 Å². The van der Waals surface area contributed by atoms with Gasteiger partial charge >= 0.3 is 5.69 Å². The van der Waals surface area contributed by atoms with Gasteiger partial charge in [0.1, 0.15) is 11.6 Å². The van der Waals surface area contributed by atoms with Gasteiger partial charge in [-0.3, -0.25) is 15.5 Å². The fourth-order valence-electron chi connectivity index (χ4n) is 1.87. The molecule has 2 rings (SSSR count). The maximum atomic E-state index is 11.1. The molecule has 0 atom stereocenters. The van der Waals surface area contributed by atoms with Crippen molar-refractivity contribution in [2.24, 2.45) is 5.73 Å². The van der Waals surface area contributed by atoms with E-state index in [0.717, 1.165) is 0 Å². The van der Waals surface area contributed by atoms with E-state index in [-0.39, 0.29) is 23.0 Å². The normalized spacial score (nSPS) is 10.2. The summed E-state index contributed by atoms with van der Waals surface area (Å²) in [6, 6.07) is 9.71. The summed E-state index contributed by atoms with van der Waals surface area (Å²) in [4.78, 5) is 10.6. The summed E-state index contributed by atoms with van der Waals surface area (Å²) in [6.07, 6.45) is 0. The van der Waals surface area contributed by atoms with Crippen LogP contribution in [0.5, 0.6) is 11.5 Å². The third kappa shape index (κ3) is 3.03. The Balaban J connectivity index is 2.56. The van der Waals surface area contributed by atoms with Crippen molar-refractivity contribution in [2.45, 2.75) is 6.92 Å². The van der Waals surface area contributed by atoms with Crippen molar-refractivity contribution in [1.82, 2.24) is 0 Å². The first-order chi connectivity index (χ1) is 9.91. The van der Waals surface area contributed by atoms with E-state index in [0.29, 0.717) is 15.6 Å². The van der Waals surface area contributed by atoms with E-state index < -0.39 is 4.92 Å². The smallest absolute Gasteiger partial charge is 0.311 e. The molecule has 21 heavy (non-hydrogen) atoms. The number of halogens is 1. The predicted molar refractivity (Wildman–Crippen MR) is 83.1 cm³/mol. The molecule has 0 bridgehead atoms. The Bertz CT molecular complexity index is 731. The number of nitrogens with two attached hydrogens (primary N) is 1. The van der Waals surface area contributed by atoms with Crippen LogP contribution in [0.1, 0.15) is 11.1 Å². The number of nitrogens with zero attached hydrogens (tertiary/aromatic N) is 1. The third-order valence-electron chi connectivity index (χ3n) is 2.84. The highest BCUT2D eigenvalue weighted by molar-refractivity contribution is 9.10. The fraction of sp³-hybridized carbons (Fsp3) is 0.0714. The Morgan fingerprint density at radius 2 is 2.00 bits per heavy atom. The summed E-state index contributed by atoms with van der Waals surface area (Å²) in [7, 11) is 0. The fourth-order valence-corrected chi connectivity index (χ4v) is 2.44. The summed E-state index contributed by atoms with van der Waals surface area (Å²) in [5, 5.41) is 18.7. The van der Waals surface area contributed by atoms with Crippen molar-refractivity contribution in [3.8, 4) is 11.5 Å². The van der Waals surface area contributed by atoms with Crippen molar-refractivity contribution >= 4 is 27.5 Å². The zero-order valence-corrected chi connectivity index (χ0v) is 12.7. The number of hydrogen-bond acceptors (Lipinski definition) is 4. The number of para-hydroxylation sites is 1. The molecule has 2 aromatic rings. The van der Waals surface area contributed by atoms with Gasteiger partial charge in [0, 0.05) is 10.5 Å². The van der Waals surface area contributed by atoms with Crippen LogP contribution >= 0.6 is 15.9 Å². The summed E-state index contributed by atoms with van der Waals surface area (Å²) >= 11 is 3.29. The lowest BCUT2D eigenvalue weighted by Crippen LogP contribution is -2.13. The van der Waals surface area contributed by atoms with Gasteiger partial charge in [-0.25, -0.2) is 0 Å². The molecular formula is C14H12BrN3O3. The van der Waals surface area contributed by atoms with E-state index in [9.17, 15) is 10.1 Å². The monoisotopic (exact) mass is 349 g/mol. The van der Waals surface area contributed by atoms with Gasteiger partial charge in [0.15, 0.2) is 0 Å². The zero-order chi connectivity index (χ0) is 15.6. The molecule has 0 spiro atoms. The van der Waals surface area contributed by atoms with Gasteiger partial charge < -0.3 is 10.5 Å². The van der Waals surface area contributed by atoms with Crippen LogP contribution < -0.4 is 10.5 Å². The molecule has 0 amide bonds. The molecule has 0 heterocycles. The maximum absolute atomic E-state index is 11.1. The molecule has 0 aliphatic carbocycles. The second-order valence-corrected chi connectivity index (χ2v) is 5.16. The third-order valence-corrected chi connectivity index (χ3v) is 3.51. The number of amidine groups is 1. The van der Waals surface area contributed by atoms with Gasteiger partial charge in [0.25, 0.3) is 0 Å². The number of nitro groups is 1. The molecule has 0 aromatic heterocycles. The van der Waals surface area contributed by atoms with Crippen molar-refractivity contribution in [3.05, 3.63) is 62.1 Å². The first-order valence-electron chi connectivity index (χ1n) is 5.96. The molecule has 0 radical (unpaired) electrons. The molecule has 2 aromatic carbocycles. The minimum atomic E-state index is -0.506. The summed E-state index contributed by atoms with van der Waals surface area (Å²) < 4.78 is 6.27. The molecule has 7 heteroatoms. The van der Waals surface area contributed by atoms with Crippen molar-refractivity contribution < 1.29 is 9.66 Å². The first kappa shape index (κ1) is 15.0. The highest BCUT2D eigenvalue weighted by atomic mass is 79.9. The van der Waals surface area contributed by atoms with Gasteiger partial charge in [-0.05, 0) is 40.5 Å². The van der Waals surface area contributed by atoms with Crippen molar-refractivity contribution in [2.75, 3.05) is 0 Å². The number of nitrogens with one attached hydrogen (secondary N) is 1. The number of ether oxygens (including phenoxy) is 1. The largest absolute Gasteiger partial charge is 0.449 e. The zero-order valence-electron chi connectivity index (χ0n) is 11.1. The average molecular weight is 350 g/mol. The van der Waals surface area contributed by atoms with Gasteiger partial charge in [-0.15, -0.1) is 0 Å². The number of hydrogen-bond donors (Lipinski definition) is 2. The maximum Gasteiger partial charge on any atom is 0.311 e. The van der Waals surface area contributed by atoms with Crippen LogP contribution in [0.2, 0.25) is 0 Å². The van der Waals surface area contributed by atoms with Gasteiger partial charge in [-0.1, -0.05) is 18.2 Å². The van der Waals surface area contributed by atoms with Gasteiger partial charge in [-0.2, -0.15) is 0 Å².